The first kappa shape index (κ1) is 16.4. The van der Waals surface area contributed by atoms with Crippen molar-refractivity contribution in [1.29, 1.82) is 0 Å². The molecule has 6 heteroatoms. The number of aliphatic hydroxyl groups is 1. The van der Waals surface area contributed by atoms with E-state index in [2.05, 4.69) is 0 Å². The van der Waals surface area contributed by atoms with Crippen LogP contribution in [0.25, 0.3) is 0 Å². The minimum atomic E-state index is -0.140. The third kappa shape index (κ3) is 5.14. The summed E-state index contributed by atoms with van der Waals surface area (Å²) in [6.45, 7) is 2.83. The molecule has 5 nitrogen and oxygen atoms in total. The Morgan fingerprint density at radius 3 is 2.50 bits per heavy atom. The van der Waals surface area contributed by atoms with Gasteiger partial charge >= 0.3 is 0 Å². The van der Waals surface area contributed by atoms with Gasteiger partial charge in [-0.05, 0) is 30.7 Å². The van der Waals surface area contributed by atoms with E-state index in [-0.39, 0.29) is 19.1 Å². The number of amides is 1. The first-order valence-electron chi connectivity index (χ1n) is 6.49. The molecule has 0 aliphatic heterocycles. The summed E-state index contributed by atoms with van der Waals surface area (Å²) in [5.41, 5.74) is 6.25. The lowest BCUT2D eigenvalue weighted by molar-refractivity contribution is -0.133. The van der Waals surface area contributed by atoms with E-state index in [1.165, 1.54) is 0 Å². The van der Waals surface area contributed by atoms with E-state index in [9.17, 15) is 4.79 Å². The number of carbonyl (C=O) groups excluding carboxylic acids is 1. The van der Waals surface area contributed by atoms with Crippen molar-refractivity contribution in [2.75, 3.05) is 26.3 Å². The number of nitrogens with two attached hydrogens (primary N) is 1. The number of ether oxygens (including phenoxy) is 1. The van der Waals surface area contributed by atoms with Crippen LogP contribution in [0.15, 0.2) is 24.3 Å². The number of hydrogen-bond donors (Lipinski definition) is 2. The Hall–Kier alpha value is -1.66. The van der Waals surface area contributed by atoms with Crippen LogP contribution in [-0.4, -0.2) is 47.2 Å². The fourth-order valence-electron chi connectivity index (χ4n) is 1.70. The molecule has 20 heavy (non-hydrogen) atoms. The molecular weight excluding hydrogens is 276 g/mol. The maximum atomic E-state index is 11.9. The molecule has 0 aromatic heterocycles. The van der Waals surface area contributed by atoms with Crippen LogP contribution < -0.4 is 10.5 Å². The minimum Gasteiger partial charge on any atom is -0.484 e. The van der Waals surface area contributed by atoms with Crippen LogP contribution in [0, 0.1) is 0 Å². The molecule has 1 rings (SSSR count). The van der Waals surface area contributed by atoms with Gasteiger partial charge in [0, 0.05) is 18.7 Å². The average molecular weight is 296 g/mol. The number of thiocarbonyl (C=S) groups is 1. The molecule has 1 aromatic rings. The quantitative estimate of drug-likeness (QED) is 0.698. The molecule has 0 saturated heterocycles. The van der Waals surface area contributed by atoms with Gasteiger partial charge in [-0.25, -0.2) is 0 Å². The molecule has 1 aromatic carbocycles. The molecule has 0 spiro atoms. The minimum absolute atomic E-state index is 0.0472. The van der Waals surface area contributed by atoms with E-state index >= 15 is 0 Å². The molecule has 0 aliphatic rings. The summed E-state index contributed by atoms with van der Waals surface area (Å²) in [6, 6.07) is 6.94. The van der Waals surface area contributed by atoms with Crippen molar-refractivity contribution in [3.8, 4) is 5.75 Å². The van der Waals surface area contributed by atoms with Gasteiger partial charge in [-0.15, -0.1) is 0 Å². The lowest BCUT2D eigenvalue weighted by Gasteiger charge is -2.21. The van der Waals surface area contributed by atoms with Gasteiger partial charge in [0.05, 0.1) is 6.61 Å². The normalized spacial score (nSPS) is 10.1. The Labute approximate surface area is 124 Å². The standard InChI is InChI=1S/C14H20N2O3S/c1-2-7-16(8-9-17)13(18)10-19-12-5-3-11(4-6-12)14(15)20/h3-6,17H,2,7-10H2,1H3,(H2,15,20). The number of benzene rings is 1. The van der Waals surface area contributed by atoms with Gasteiger partial charge < -0.3 is 20.5 Å². The lowest BCUT2D eigenvalue weighted by atomic mass is 10.2. The molecule has 110 valence electrons. The SMILES string of the molecule is CCCN(CCO)C(=O)COc1ccc(C(N)=S)cc1. The molecule has 0 atom stereocenters. The van der Waals surface area contributed by atoms with Gasteiger partial charge in [0.2, 0.25) is 0 Å². The predicted molar refractivity (Wildman–Crippen MR) is 81.8 cm³/mol. The smallest absolute Gasteiger partial charge is 0.260 e. The molecule has 0 aliphatic carbocycles. The molecule has 1 amide bonds. The highest BCUT2D eigenvalue weighted by molar-refractivity contribution is 7.80. The highest BCUT2D eigenvalue weighted by Gasteiger charge is 2.12. The zero-order valence-corrected chi connectivity index (χ0v) is 12.4. The van der Waals surface area contributed by atoms with Crippen LogP contribution in [0.2, 0.25) is 0 Å². The second-order valence-corrected chi connectivity index (χ2v) is 4.72. The van der Waals surface area contributed by atoms with Crippen molar-refractivity contribution in [1.82, 2.24) is 4.90 Å². The second-order valence-electron chi connectivity index (χ2n) is 4.28. The summed E-state index contributed by atoms with van der Waals surface area (Å²) in [7, 11) is 0. The lowest BCUT2D eigenvalue weighted by Crippen LogP contribution is -2.37. The summed E-state index contributed by atoms with van der Waals surface area (Å²) in [4.78, 5) is 13.8. The predicted octanol–water partition coefficient (Wildman–Crippen LogP) is 0.930. The van der Waals surface area contributed by atoms with Crippen LogP contribution >= 0.6 is 12.2 Å². The van der Waals surface area contributed by atoms with Crippen LogP contribution in [0.4, 0.5) is 0 Å². The molecule has 0 bridgehead atoms. The van der Waals surface area contributed by atoms with Crippen molar-refractivity contribution in [3.63, 3.8) is 0 Å². The summed E-state index contributed by atoms with van der Waals surface area (Å²) < 4.78 is 5.42. The Bertz CT molecular complexity index is 442. The van der Waals surface area contributed by atoms with Gasteiger partial charge in [0.25, 0.3) is 5.91 Å². The Morgan fingerprint density at radius 1 is 1.35 bits per heavy atom. The topological polar surface area (TPSA) is 75.8 Å². The number of carbonyl (C=O) groups is 1. The molecular formula is C14H20N2O3S. The summed E-state index contributed by atoms with van der Waals surface area (Å²) in [6.07, 6.45) is 0.842. The first-order chi connectivity index (χ1) is 9.58. The second kappa shape index (κ2) is 8.50. The van der Waals surface area contributed by atoms with Crippen LogP contribution in [0.5, 0.6) is 5.75 Å². The van der Waals surface area contributed by atoms with E-state index < -0.39 is 0 Å². The number of nitrogens with zero attached hydrogens (tertiary/aromatic N) is 1. The summed E-state index contributed by atoms with van der Waals surface area (Å²) >= 11 is 4.86. The molecule has 0 unspecified atom stereocenters. The van der Waals surface area contributed by atoms with Gasteiger partial charge in [0.1, 0.15) is 10.7 Å². The largest absolute Gasteiger partial charge is 0.484 e. The van der Waals surface area contributed by atoms with Gasteiger partial charge in [-0.1, -0.05) is 19.1 Å². The zero-order valence-electron chi connectivity index (χ0n) is 11.5. The van der Waals surface area contributed by atoms with E-state index in [1.807, 2.05) is 6.92 Å². The summed E-state index contributed by atoms with van der Waals surface area (Å²) in [5.74, 6) is 0.443. The van der Waals surface area contributed by atoms with Crippen molar-refractivity contribution in [3.05, 3.63) is 29.8 Å². The van der Waals surface area contributed by atoms with Gasteiger partial charge in [-0.2, -0.15) is 0 Å². The van der Waals surface area contributed by atoms with Crippen LogP contribution in [-0.2, 0) is 4.79 Å². The third-order valence-electron chi connectivity index (χ3n) is 2.72. The average Bonchev–Trinajstić information content (AvgIpc) is 2.45. The number of aliphatic hydroxyl groups excluding tert-OH is 1. The number of hydrogen-bond acceptors (Lipinski definition) is 4. The van der Waals surface area contributed by atoms with Crippen molar-refractivity contribution >= 4 is 23.1 Å². The molecule has 0 saturated carbocycles. The van der Waals surface area contributed by atoms with E-state index in [1.54, 1.807) is 29.2 Å². The highest BCUT2D eigenvalue weighted by atomic mass is 32.1. The number of rotatable bonds is 8. The monoisotopic (exact) mass is 296 g/mol. The van der Waals surface area contributed by atoms with E-state index in [4.69, 9.17) is 27.8 Å². The maximum absolute atomic E-state index is 11.9. The van der Waals surface area contributed by atoms with Crippen LogP contribution in [0.1, 0.15) is 18.9 Å². The third-order valence-corrected chi connectivity index (χ3v) is 2.95. The Morgan fingerprint density at radius 2 is 2.00 bits per heavy atom. The van der Waals surface area contributed by atoms with Gasteiger partial charge in [0.15, 0.2) is 6.61 Å². The van der Waals surface area contributed by atoms with E-state index in [0.29, 0.717) is 23.8 Å². The fourth-order valence-corrected chi connectivity index (χ4v) is 1.84. The van der Waals surface area contributed by atoms with Crippen molar-refractivity contribution < 1.29 is 14.6 Å². The van der Waals surface area contributed by atoms with Crippen molar-refractivity contribution in [2.24, 2.45) is 5.73 Å². The van der Waals surface area contributed by atoms with Crippen LogP contribution in [0.3, 0.4) is 0 Å². The zero-order chi connectivity index (χ0) is 15.0. The molecule has 0 radical (unpaired) electrons. The highest BCUT2D eigenvalue weighted by Crippen LogP contribution is 2.12. The first-order valence-corrected chi connectivity index (χ1v) is 6.90. The molecule has 0 heterocycles. The molecule has 3 N–H and O–H groups in total. The van der Waals surface area contributed by atoms with E-state index in [0.717, 1.165) is 12.0 Å². The Balaban J connectivity index is 2.52. The Kier molecular flexibility index (Phi) is 6.97. The fraction of sp³-hybridized carbons (Fsp3) is 0.429. The summed E-state index contributed by atoms with van der Waals surface area (Å²) in [5, 5.41) is 8.92. The van der Waals surface area contributed by atoms with Crippen molar-refractivity contribution in [2.45, 2.75) is 13.3 Å². The maximum Gasteiger partial charge on any atom is 0.260 e. The van der Waals surface area contributed by atoms with Gasteiger partial charge in [-0.3, -0.25) is 4.79 Å². The molecule has 0 fully saturated rings.